The Kier molecular flexibility index (Phi) is 4.49. The minimum absolute atomic E-state index is 0.0890. The van der Waals surface area contributed by atoms with E-state index in [1.165, 1.54) is 18.2 Å². The Bertz CT molecular complexity index is 370. The Morgan fingerprint density at radius 3 is 2.81 bits per heavy atom. The van der Waals surface area contributed by atoms with E-state index in [9.17, 15) is 10.1 Å². The van der Waals surface area contributed by atoms with Crippen LogP contribution >= 0.6 is 0 Å². The van der Waals surface area contributed by atoms with Crippen LogP contribution in [0.4, 0.5) is 17.1 Å². The molecule has 88 valence electrons. The predicted molar refractivity (Wildman–Crippen MR) is 58.9 cm³/mol. The van der Waals surface area contributed by atoms with Gasteiger partial charge in [0, 0.05) is 25.8 Å². The number of nitrogens with one attached hydrogen (secondary N) is 2. The smallest absolute Gasteiger partial charge is 0.271 e. The zero-order valence-corrected chi connectivity index (χ0v) is 8.77. The molecule has 0 heterocycles. The molecule has 3 N–H and O–H groups in total. The molecule has 0 amide bonds. The summed E-state index contributed by atoms with van der Waals surface area (Å²) >= 11 is 0. The maximum Gasteiger partial charge on any atom is 0.271 e. The molecule has 0 atom stereocenters. The van der Waals surface area contributed by atoms with Gasteiger partial charge in [-0.1, -0.05) is 0 Å². The SMILES string of the molecule is COCCNc1ccc([N+](=O)[O-])cc1NO. The molecule has 0 aliphatic heterocycles. The van der Waals surface area contributed by atoms with Crippen LogP contribution in [-0.4, -0.2) is 30.4 Å². The molecule has 0 unspecified atom stereocenters. The number of benzene rings is 1. The van der Waals surface area contributed by atoms with E-state index < -0.39 is 4.92 Å². The lowest BCUT2D eigenvalue weighted by atomic mass is 10.2. The summed E-state index contributed by atoms with van der Waals surface area (Å²) < 4.78 is 4.85. The summed E-state index contributed by atoms with van der Waals surface area (Å²) in [5, 5.41) is 22.3. The zero-order chi connectivity index (χ0) is 12.0. The standard InChI is InChI=1S/C9H13N3O4/c1-16-5-4-10-8-3-2-7(12(14)15)6-9(8)11-13/h2-3,6,10-11,13H,4-5H2,1H3. The van der Waals surface area contributed by atoms with Gasteiger partial charge >= 0.3 is 0 Å². The van der Waals surface area contributed by atoms with Gasteiger partial charge < -0.3 is 10.1 Å². The molecule has 0 bridgehead atoms. The molecule has 0 saturated heterocycles. The Morgan fingerprint density at radius 2 is 2.25 bits per heavy atom. The highest BCUT2D eigenvalue weighted by Gasteiger charge is 2.09. The highest BCUT2D eigenvalue weighted by Crippen LogP contribution is 2.26. The number of methoxy groups -OCH3 is 1. The van der Waals surface area contributed by atoms with Gasteiger partial charge in [0.2, 0.25) is 0 Å². The molecule has 0 saturated carbocycles. The lowest BCUT2D eigenvalue weighted by Gasteiger charge is -2.10. The van der Waals surface area contributed by atoms with E-state index in [1.807, 2.05) is 5.48 Å². The summed E-state index contributed by atoms with van der Waals surface area (Å²) in [5.41, 5.74) is 2.65. The summed E-state index contributed by atoms with van der Waals surface area (Å²) in [6.07, 6.45) is 0. The quantitative estimate of drug-likeness (QED) is 0.386. The van der Waals surface area contributed by atoms with Gasteiger partial charge in [-0.15, -0.1) is 0 Å². The van der Waals surface area contributed by atoms with Crippen LogP contribution in [0.5, 0.6) is 0 Å². The minimum atomic E-state index is -0.528. The van der Waals surface area contributed by atoms with E-state index in [1.54, 1.807) is 7.11 Å². The van der Waals surface area contributed by atoms with Gasteiger partial charge in [-0.2, -0.15) is 0 Å². The number of hydrogen-bond acceptors (Lipinski definition) is 6. The second-order valence-corrected chi connectivity index (χ2v) is 3.02. The van der Waals surface area contributed by atoms with Crippen molar-refractivity contribution in [1.29, 1.82) is 0 Å². The van der Waals surface area contributed by atoms with Crippen molar-refractivity contribution in [2.24, 2.45) is 0 Å². The van der Waals surface area contributed by atoms with Gasteiger partial charge in [-0.05, 0) is 6.07 Å². The number of hydrogen-bond donors (Lipinski definition) is 3. The average Bonchev–Trinajstić information content (AvgIpc) is 2.29. The Morgan fingerprint density at radius 1 is 1.50 bits per heavy atom. The van der Waals surface area contributed by atoms with Crippen molar-refractivity contribution in [1.82, 2.24) is 0 Å². The molecule has 1 aromatic rings. The van der Waals surface area contributed by atoms with Crippen LogP contribution in [0.1, 0.15) is 0 Å². The van der Waals surface area contributed by atoms with Crippen LogP contribution in [0.3, 0.4) is 0 Å². The van der Waals surface area contributed by atoms with E-state index in [0.29, 0.717) is 18.8 Å². The molecule has 0 aliphatic carbocycles. The molecule has 16 heavy (non-hydrogen) atoms. The highest BCUT2D eigenvalue weighted by molar-refractivity contribution is 5.70. The molecule has 0 radical (unpaired) electrons. The summed E-state index contributed by atoms with van der Waals surface area (Å²) in [4.78, 5) is 9.97. The Labute approximate surface area is 92.1 Å². The van der Waals surface area contributed by atoms with E-state index in [4.69, 9.17) is 9.94 Å². The summed E-state index contributed by atoms with van der Waals surface area (Å²) in [6.45, 7) is 1.05. The van der Waals surface area contributed by atoms with Gasteiger partial charge in [0.15, 0.2) is 0 Å². The Hall–Kier alpha value is -1.86. The number of anilines is 2. The van der Waals surface area contributed by atoms with Crippen LogP contribution in [0.25, 0.3) is 0 Å². The first kappa shape index (κ1) is 12.2. The average molecular weight is 227 g/mol. The van der Waals surface area contributed by atoms with Crippen molar-refractivity contribution in [3.8, 4) is 0 Å². The largest absolute Gasteiger partial charge is 0.383 e. The Balaban J connectivity index is 2.80. The fourth-order valence-electron chi connectivity index (χ4n) is 1.18. The third kappa shape index (κ3) is 3.07. The maximum atomic E-state index is 10.5. The summed E-state index contributed by atoms with van der Waals surface area (Å²) in [5.74, 6) is 0. The fourth-order valence-corrected chi connectivity index (χ4v) is 1.18. The molecule has 0 aliphatic rings. The second kappa shape index (κ2) is 5.89. The summed E-state index contributed by atoms with van der Waals surface area (Å²) in [6, 6.07) is 4.12. The van der Waals surface area contributed by atoms with E-state index in [2.05, 4.69) is 5.32 Å². The lowest BCUT2D eigenvalue weighted by Crippen LogP contribution is -2.09. The molecular formula is C9H13N3O4. The molecule has 1 aromatic carbocycles. The van der Waals surface area contributed by atoms with Crippen LogP contribution in [0.2, 0.25) is 0 Å². The first-order valence-corrected chi connectivity index (χ1v) is 4.60. The number of nitrogens with zero attached hydrogens (tertiary/aromatic N) is 1. The molecule has 0 fully saturated rings. The number of nitro groups is 1. The lowest BCUT2D eigenvalue weighted by molar-refractivity contribution is -0.384. The van der Waals surface area contributed by atoms with E-state index in [0.717, 1.165) is 0 Å². The van der Waals surface area contributed by atoms with Crippen molar-refractivity contribution >= 4 is 17.1 Å². The van der Waals surface area contributed by atoms with Crippen LogP contribution < -0.4 is 10.8 Å². The number of nitro benzene ring substituents is 1. The third-order valence-electron chi connectivity index (χ3n) is 1.96. The molecule has 7 nitrogen and oxygen atoms in total. The van der Waals surface area contributed by atoms with Crippen molar-refractivity contribution in [2.75, 3.05) is 31.1 Å². The highest BCUT2D eigenvalue weighted by atomic mass is 16.6. The van der Waals surface area contributed by atoms with Crippen molar-refractivity contribution in [2.45, 2.75) is 0 Å². The number of rotatable bonds is 6. The summed E-state index contributed by atoms with van der Waals surface area (Å²) in [7, 11) is 1.57. The minimum Gasteiger partial charge on any atom is -0.383 e. The van der Waals surface area contributed by atoms with Crippen molar-refractivity contribution in [3.05, 3.63) is 28.3 Å². The molecule has 0 spiro atoms. The van der Waals surface area contributed by atoms with Crippen LogP contribution in [-0.2, 0) is 4.74 Å². The monoisotopic (exact) mass is 227 g/mol. The normalized spacial score (nSPS) is 9.88. The first-order valence-electron chi connectivity index (χ1n) is 4.60. The molecular weight excluding hydrogens is 214 g/mol. The molecule has 1 rings (SSSR count). The van der Waals surface area contributed by atoms with Crippen LogP contribution in [0.15, 0.2) is 18.2 Å². The topological polar surface area (TPSA) is 96.7 Å². The van der Waals surface area contributed by atoms with Gasteiger partial charge in [-0.25, -0.2) is 0 Å². The maximum absolute atomic E-state index is 10.5. The van der Waals surface area contributed by atoms with E-state index >= 15 is 0 Å². The van der Waals surface area contributed by atoms with Gasteiger partial charge in [0.1, 0.15) is 0 Å². The van der Waals surface area contributed by atoms with Crippen LogP contribution in [0, 0.1) is 10.1 Å². The van der Waals surface area contributed by atoms with Gasteiger partial charge in [-0.3, -0.25) is 20.8 Å². The predicted octanol–water partition coefficient (Wildman–Crippen LogP) is 1.45. The number of ether oxygens (including phenoxy) is 1. The third-order valence-corrected chi connectivity index (χ3v) is 1.96. The number of non-ortho nitro benzene ring substituents is 1. The van der Waals surface area contributed by atoms with Crippen molar-refractivity contribution in [3.63, 3.8) is 0 Å². The fraction of sp³-hybridized carbons (Fsp3) is 0.333. The zero-order valence-electron chi connectivity index (χ0n) is 8.77. The second-order valence-electron chi connectivity index (χ2n) is 3.02. The van der Waals surface area contributed by atoms with Crippen molar-refractivity contribution < 1.29 is 14.9 Å². The molecule has 0 aromatic heterocycles. The van der Waals surface area contributed by atoms with E-state index in [-0.39, 0.29) is 11.4 Å². The van der Waals surface area contributed by atoms with Gasteiger partial charge in [0.05, 0.1) is 22.9 Å². The first-order chi connectivity index (χ1) is 7.69. The van der Waals surface area contributed by atoms with Gasteiger partial charge in [0.25, 0.3) is 5.69 Å². The molecule has 7 heteroatoms.